The number of rotatable bonds is 2. The fourth-order valence-corrected chi connectivity index (χ4v) is 1.29. The summed E-state index contributed by atoms with van der Waals surface area (Å²) < 4.78 is 9.64. The van der Waals surface area contributed by atoms with E-state index < -0.39 is 17.7 Å². The smallest absolute Gasteiger partial charge is 0.413 e. The highest BCUT2D eigenvalue weighted by Crippen LogP contribution is 2.17. The van der Waals surface area contributed by atoms with Gasteiger partial charge in [0.25, 0.3) is 0 Å². The lowest BCUT2D eigenvalue weighted by molar-refractivity contribution is 0.0601. The molecule has 0 unspecified atom stereocenters. The number of methoxy groups -OCH3 is 1. The summed E-state index contributed by atoms with van der Waals surface area (Å²) in [5.41, 5.74) is -0.514. The largest absolute Gasteiger partial charge is 0.465 e. The summed E-state index contributed by atoms with van der Waals surface area (Å²) in [6, 6.07) is 3.13. The molecule has 1 amide bonds. The van der Waals surface area contributed by atoms with Gasteiger partial charge in [-0.05, 0) is 26.8 Å². The molecule has 106 valence electrons. The molecule has 0 radical (unpaired) electrons. The number of esters is 1. The van der Waals surface area contributed by atoms with Gasteiger partial charge < -0.3 is 9.47 Å². The summed E-state index contributed by atoms with van der Waals surface area (Å²) in [5.74, 6) is -0.731. The lowest BCUT2D eigenvalue weighted by atomic mass is 10.2. The molecule has 0 atom stereocenters. The molecule has 0 aliphatic carbocycles. The number of carbonyl (C=O) groups excluding carboxylic acids is 2. The van der Waals surface area contributed by atoms with Crippen LogP contribution in [-0.4, -0.2) is 29.8 Å². The van der Waals surface area contributed by atoms with Crippen LogP contribution in [0, 0.1) is 11.3 Å². The van der Waals surface area contributed by atoms with Crippen molar-refractivity contribution < 1.29 is 19.1 Å². The normalized spacial score (nSPS) is 10.3. The summed E-state index contributed by atoms with van der Waals surface area (Å²) >= 11 is 0. The number of hydrogen-bond donors (Lipinski definition) is 1. The van der Waals surface area contributed by atoms with Crippen LogP contribution in [0.5, 0.6) is 0 Å². The van der Waals surface area contributed by atoms with E-state index in [1.54, 1.807) is 20.8 Å². The SMILES string of the molecule is COC(=O)c1cc(C#N)cnc1NC(=O)OC(C)(C)C. The molecule has 0 saturated heterocycles. The fourth-order valence-electron chi connectivity index (χ4n) is 1.29. The Morgan fingerprint density at radius 2 is 2.05 bits per heavy atom. The number of carbonyl (C=O) groups is 2. The van der Waals surface area contributed by atoms with Gasteiger partial charge in [0.2, 0.25) is 0 Å². The third-order valence-electron chi connectivity index (χ3n) is 2.04. The molecule has 1 aromatic heterocycles. The van der Waals surface area contributed by atoms with Gasteiger partial charge in [-0.2, -0.15) is 5.26 Å². The van der Waals surface area contributed by atoms with Crippen LogP contribution in [0.15, 0.2) is 12.3 Å². The lowest BCUT2D eigenvalue weighted by Crippen LogP contribution is -2.28. The standard InChI is InChI=1S/C13H15N3O4/c1-13(2,3)20-12(18)16-10-9(11(17)19-4)5-8(6-14)7-15-10/h5,7H,1-4H3,(H,15,16,18). The number of amides is 1. The average Bonchev–Trinajstić information content (AvgIpc) is 2.36. The molecule has 0 aliphatic heterocycles. The Morgan fingerprint density at radius 1 is 1.40 bits per heavy atom. The molecule has 1 aromatic rings. The molecule has 0 spiro atoms. The second-order valence-corrected chi connectivity index (χ2v) is 4.85. The molecule has 7 heteroatoms. The van der Waals surface area contributed by atoms with Crippen molar-refractivity contribution in [3.05, 3.63) is 23.4 Å². The Balaban J connectivity index is 3.03. The van der Waals surface area contributed by atoms with Crippen LogP contribution >= 0.6 is 0 Å². The molecular weight excluding hydrogens is 262 g/mol. The lowest BCUT2D eigenvalue weighted by Gasteiger charge is -2.19. The zero-order chi connectivity index (χ0) is 15.3. The van der Waals surface area contributed by atoms with Crippen LogP contribution in [0.25, 0.3) is 0 Å². The maximum absolute atomic E-state index is 11.7. The Labute approximate surface area is 116 Å². The average molecular weight is 277 g/mol. The van der Waals surface area contributed by atoms with Crippen LogP contribution in [0.2, 0.25) is 0 Å². The molecule has 7 nitrogen and oxygen atoms in total. The van der Waals surface area contributed by atoms with Gasteiger partial charge in [-0.25, -0.2) is 14.6 Å². The highest BCUT2D eigenvalue weighted by atomic mass is 16.6. The van der Waals surface area contributed by atoms with E-state index in [1.807, 2.05) is 6.07 Å². The van der Waals surface area contributed by atoms with E-state index in [0.717, 1.165) is 0 Å². The van der Waals surface area contributed by atoms with Crippen LogP contribution in [0.4, 0.5) is 10.6 Å². The number of hydrogen-bond acceptors (Lipinski definition) is 6. The van der Waals surface area contributed by atoms with Gasteiger partial charge in [-0.15, -0.1) is 0 Å². The Morgan fingerprint density at radius 3 is 2.55 bits per heavy atom. The highest BCUT2D eigenvalue weighted by Gasteiger charge is 2.20. The number of pyridine rings is 1. The molecular formula is C13H15N3O4. The number of nitrogens with zero attached hydrogens (tertiary/aromatic N) is 2. The van der Waals surface area contributed by atoms with Crippen molar-refractivity contribution in [3.63, 3.8) is 0 Å². The van der Waals surface area contributed by atoms with E-state index in [1.165, 1.54) is 19.4 Å². The molecule has 0 aliphatic rings. The summed E-state index contributed by atoms with van der Waals surface area (Å²) in [7, 11) is 1.19. The summed E-state index contributed by atoms with van der Waals surface area (Å²) in [6.45, 7) is 5.13. The first-order chi connectivity index (χ1) is 9.26. The molecule has 1 rings (SSSR count). The highest BCUT2D eigenvalue weighted by molar-refractivity contribution is 5.98. The van der Waals surface area contributed by atoms with Crippen LogP contribution in [-0.2, 0) is 9.47 Å². The first-order valence-corrected chi connectivity index (χ1v) is 5.75. The Kier molecular flexibility index (Phi) is 4.64. The van der Waals surface area contributed by atoms with E-state index in [9.17, 15) is 9.59 Å². The second kappa shape index (κ2) is 6.02. The number of nitriles is 1. The number of nitrogens with one attached hydrogen (secondary N) is 1. The van der Waals surface area contributed by atoms with Gasteiger partial charge in [0, 0.05) is 6.20 Å². The van der Waals surface area contributed by atoms with Crippen molar-refractivity contribution in [1.29, 1.82) is 5.26 Å². The van der Waals surface area contributed by atoms with Gasteiger partial charge in [-0.1, -0.05) is 0 Å². The third kappa shape index (κ3) is 4.24. The quantitative estimate of drug-likeness (QED) is 0.830. The molecule has 0 saturated carbocycles. The van der Waals surface area contributed by atoms with E-state index in [4.69, 9.17) is 10.00 Å². The van der Waals surface area contributed by atoms with Crippen LogP contribution in [0.1, 0.15) is 36.7 Å². The maximum Gasteiger partial charge on any atom is 0.413 e. The predicted molar refractivity (Wildman–Crippen MR) is 70.1 cm³/mol. The summed E-state index contributed by atoms with van der Waals surface area (Å²) in [5, 5.41) is 11.1. The van der Waals surface area contributed by atoms with Crippen molar-refractivity contribution >= 4 is 17.9 Å². The second-order valence-electron chi connectivity index (χ2n) is 4.85. The van der Waals surface area contributed by atoms with Gasteiger partial charge >= 0.3 is 12.1 Å². The topological polar surface area (TPSA) is 101 Å². The van der Waals surface area contributed by atoms with Crippen LogP contribution < -0.4 is 5.32 Å². The third-order valence-corrected chi connectivity index (χ3v) is 2.04. The number of anilines is 1. The van der Waals surface area contributed by atoms with Crippen molar-refractivity contribution in [3.8, 4) is 6.07 Å². The maximum atomic E-state index is 11.7. The van der Waals surface area contributed by atoms with Crippen molar-refractivity contribution in [2.24, 2.45) is 0 Å². The Bertz CT molecular complexity index is 570. The summed E-state index contributed by atoms with van der Waals surface area (Å²) in [4.78, 5) is 27.1. The first kappa shape index (κ1) is 15.4. The van der Waals surface area contributed by atoms with Gasteiger partial charge in [-0.3, -0.25) is 5.32 Å². The van der Waals surface area contributed by atoms with Crippen LogP contribution in [0.3, 0.4) is 0 Å². The van der Waals surface area contributed by atoms with Gasteiger partial charge in [0.15, 0.2) is 0 Å². The number of ether oxygens (including phenoxy) is 2. The molecule has 1 N–H and O–H groups in total. The molecule has 1 heterocycles. The minimum absolute atomic E-state index is 0.0163. The zero-order valence-corrected chi connectivity index (χ0v) is 11.7. The minimum atomic E-state index is -0.750. The van der Waals surface area contributed by atoms with E-state index in [2.05, 4.69) is 15.0 Å². The van der Waals surface area contributed by atoms with Crippen molar-refractivity contribution in [2.45, 2.75) is 26.4 Å². The van der Waals surface area contributed by atoms with Crippen molar-refractivity contribution in [1.82, 2.24) is 4.98 Å². The van der Waals surface area contributed by atoms with Gasteiger partial charge in [0.05, 0.1) is 12.7 Å². The van der Waals surface area contributed by atoms with E-state index >= 15 is 0 Å². The van der Waals surface area contributed by atoms with Gasteiger partial charge in [0.1, 0.15) is 23.1 Å². The van der Waals surface area contributed by atoms with E-state index in [-0.39, 0.29) is 16.9 Å². The zero-order valence-electron chi connectivity index (χ0n) is 11.7. The first-order valence-electron chi connectivity index (χ1n) is 5.75. The molecule has 0 aromatic carbocycles. The van der Waals surface area contributed by atoms with E-state index in [0.29, 0.717) is 0 Å². The molecule has 20 heavy (non-hydrogen) atoms. The monoisotopic (exact) mass is 277 g/mol. The molecule has 0 fully saturated rings. The Hall–Kier alpha value is -2.62. The molecule has 0 bridgehead atoms. The van der Waals surface area contributed by atoms with Crippen molar-refractivity contribution in [2.75, 3.05) is 12.4 Å². The predicted octanol–water partition coefficient (Wildman–Crippen LogP) is 2.09. The fraction of sp³-hybridized carbons (Fsp3) is 0.385. The summed E-state index contributed by atoms with van der Waals surface area (Å²) in [6.07, 6.45) is 0.485. The minimum Gasteiger partial charge on any atom is -0.465 e. The number of aromatic nitrogens is 1.